The third-order valence-corrected chi connectivity index (χ3v) is 2.45. The molecular weight excluding hydrogens is 216 g/mol. The molecule has 0 aliphatic carbocycles. The third kappa shape index (κ3) is 4.07. The number of hydrogen-bond donors (Lipinski definition) is 1. The number of oxime groups is 1. The molecule has 0 aliphatic rings. The van der Waals surface area contributed by atoms with Gasteiger partial charge in [-0.1, -0.05) is 24.2 Å². The lowest BCUT2D eigenvalue weighted by molar-refractivity contribution is 0.260. The number of likely N-dealkylation sites (N-methyl/N-ethyl adjacent to an activating group) is 1. The number of hydrogen-bond acceptors (Lipinski definition) is 4. The number of rotatable bonds is 6. The van der Waals surface area contributed by atoms with Gasteiger partial charge >= 0.3 is 0 Å². The molecule has 0 bridgehead atoms. The monoisotopic (exact) mass is 236 g/mol. The lowest BCUT2D eigenvalue weighted by atomic mass is 10.1. The molecule has 0 aromatic heterocycles. The van der Waals surface area contributed by atoms with Gasteiger partial charge in [0.25, 0.3) is 0 Å². The van der Waals surface area contributed by atoms with Gasteiger partial charge in [0.1, 0.15) is 12.4 Å². The molecule has 0 atom stereocenters. The summed E-state index contributed by atoms with van der Waals surface area (Å²) in [6.07, 6.45) is 0.671. The highest BCUT2D eigenvalue weighted by Crippen LogP contribution is 2.20. The molecule has 1 aromatic rings. The average molecular weight is 236 g/mol. The molecule has 17 heavy (non-hydrogen) atoms. The minimum Gasteiger partial charge on any atom is -0.492 e. The molecule has 4 heteroatoms. The molecule has 0 saturated heterocycles. The normalized spacial score (nSPS) is 11.9. The maximum absolute atomic E-state index is 8.94. The first-order valence-corrected chi connectivity index (χ1v) is 5.77. The van der Waals surface area contributed by atoms with E-state index in [9.17, 15) is 0 Å². The molecule has 0 spiro atoms. The van der Waals surface area contributed by atoms with Crippen molar-refractivity contribution in [2.45, 2.75) is 13.3 Å². The van der Waals surface area contributed by atoms with Crippen LogP contribution >= 0.6 is 0 Å². The van der Waals surface area contributed by atoms with Crippen LogP contribution < -0.4 is 4.74 Å². The van der Waals surface area contributed by atoms with E-state index in [1.54, 1.807) is 0 Å². The summed E-state index contributed by atoms with van der Waals surface area (Å²) in [6.45, 7) is 3.42. The van der Waals surface area contributed by atoms with Crippen LogP contribution in [-0.2, 0) is 0 Å². The molecule has 0 unspecified atom stereocenters. The van der Waals surface area contributed by atoms with E-state index in [1.807, 2.05) is 45.3 Å². The van der Waals surface area contributed by atoms with E-state index >= 15 is 0 Å². The van der Waals surface area contributed by atoms with E-state index in [2.05, 4.69) is 10.1 Å². The summed E-state index contributed by atoms with van der Waals surface area (Å²) >= 11 is 0. The Morgan fingerprint density at radius 2 is 2.06 bits per heavy atom. The first-order valence-electron chi connectivity index (χ1n) is 5.77. The molecule has 4 nitrogen and oxygen atoms in total. The van der Waals surface area contributed by atoms with Gasteiger partial charge in [0.05, 0.1) is 5.71 Å². The molecule has 0 aliphatic heterocycles. The minimum absolute atomic E-state index is 0.617. The molecule has 0 amide bonds. The molecular formula is C13H20N2O2. The number of para-hydroxylation sites is 1. The Balaban J connectivity index is 2.77. The fourth-order valence-electron chi connectivity index (χ4n) is 1.48. The standard InChI is InChI=1S/C13H20N2O2/c1-4-12(14-16)11-7-5-6-8-13(11)17-10-9-15(2)3/h5-8,16H,4,9-10H2,1-3H3/b14-12+. The van der Waals surface area contributed by atoms with Crippen molar-refractivity contribution in [1.82, 2.24) is 4.90 Å². The summed E-state index contributed by atoms with van der Waals surface area (Å²) in [4.78, 5) is 2.06. The lowest BCUT2D eigenvalue weighted by Gasteiger charge is -2.14. The van der Waals surface area contributed by atoms with E-state index in [-0.39, 0.29) is 0 Å². The SMILES string of the molecule is CC/C(=N\O)c1ccccc1OCCN(C)C. The Hall–Kier alpha value is -1.55. The van der Waals surface area contributed by atoms with E-state index in [0.717, 1.165) is 17.9 Å². The minimum atomic E-state index is 0.617. The maximum atomic E-state index is 8.94. The van der Waals surface area contributed by atoms with Crippen LogP contribution in [0.25, 0.3) is 0 Å². The van der Waals surface area contributed by atoms with E-state index < -0.39 is 0 Å². The summed E-state index contributed by atoms with van der Waals surface area (Å²) in [6, 6.07) is 7.63. The smallest absolute Gasteiger partial charge is 0.128 e. The Morgan fingerprint density at radius 3 is 2.65 bits per heavy atom. The maximum Gasteiger partial charge on any atom is 0.128 e. The van der Waals surface area contributed by atoms with Crippen molar-refractivity contribution in [2.75, 3.05) is 27.2 Å². The zero-order chi connectivity index (χ0) is 12.7. The van der Waals surface area contributed by atoms with Gasteiger partial charge in [-0.05, 0) is 32.6 Å². The first kappa shape index (κ1) is 13.5. The average Bonchev–Trinajstić information content (AvgIpc) is 2.32. The van der Waals surface area contributed by atoms with Gasteiger partial charge in [0.15, 0.2) is 0 Å². The zero-order valence-corrected chi connectivity index (χ0v) is 10.7. The number of ether oxygens (including phenoxy) is 1. The predicted octanol–water partition coefficient (Wildman–Crippen LogP) is 2.22. The van der Waals surface area contributed by atoms with Gasteiger partial charge in [-0.3, -0.25) is 0 Å². The fourth-order valence-corrected chi connectivity index (χ4v) is 1.48. The second kappa shape index (κ2) is 6.91. The van der Waals surface area contributed by atoms with E-state index in [1.165, 1.54) is 0 Å². The molecule has 1 aromatic carbocycles. The van der Waals surface area contributed by atoms with Gasteiger partial charge in [-0.2, -0.15) is 0 Å². The summed E-state index contributed by atoms with van der Waals surface area (Å²) in [5.74, 6) is 0.768. The Kier molecular flexibility index (Phi) is 5.49. The highest BCUT2D eigenvalue weighted by Gasteiger charge is 2.08. The lowest BCUT2D eigenvalue weighted by Crippen LogP contribution is -2.20. The highest BCUT2D eigenvalue weighted by molar-refractivity contribution is 6.02. The van der Waals surface area contributed by atoms with Crippen molar-refractivity contribution in [2.24, 2.45) is 5.16 Å². The number of benzene rings is 1. The van der Waals surface area contributed by atoms with Crippen LogP contribution in [0.15, 0.2) is 29.4 Å². The zero-order valence-electron chi connectivity index (χ0n) is 10.7. The molecule has 1 N–H and O–H groups in total. The summed E-state index contributed by atoms with van der Waals surface area (Å²) in [5, 5.41) is 12.2. The van der Waals surface area contributed by atoms with Gasteiger partial charge < -0.3 is 14.8 Å². The highest BCUT2D eigenvalue weighted by atomic mass is 16.5. The molecule has 0 heterocycles. The first-order chi connectivity index (χ1) is 8.19. The second-order valence-corrected chi connectivity index (χ2v) is 4.05. The topological polar surface area (TPSA) is 45.1 Å². The predicted molar refractivity (Wildman–Crippen MR) is 69.1 cm³/mol. The van der Waals surface area contributed by atoms with Crippen molar-refractivity contribution in [1.29, 1.82) is 0 Å². The van der Waals surface area contributed by atoms with Crippen LogP contribution in [0.2, 0.25) is 0 Å². The summed E-state index contributed by atoms with van der Waals surface area (Å²) < 4.78 is 5.70. The van der Waals surface area contributed by atoms with Crippen molar-refractivity contribution in [3.63, 3.8) is 0 Å². The van der Waals surface area contributed by atoms with Crippen molar-refractivity contribution >= 4 is 5.71 Å². The molecule has 0 fully saturated rings. The van der Waals surface area contributed by atoms with Gasteiger partial charge in [-0.15, -0.1) is 0 Å². The molecule has 94 valence electrons. The Morgan fingerprint density at radius 1 is 1.35 bits per heavy atom. The van der Waals surface area contributed by atoms with Crippen LogP contribution in [0.3, 0.4) is 0 Å². The van der Waals surface area contributed by atoms with E-state index in [0.29, 0.717) is 18.7 Å². The second-order valence-electron chi connectivity index (χ2n) is 4.05. The molecule has 1 rings (SSSR count). The largest absolute Gasteiger partial charge is 0.492 e. The van der Waals surface area contributed by atoms with Crippen LogP contribution in [-0.4, -0.2) is 43.1 Å². The van der Waals surface area contributed by atoms with Gasteiger partial charge in [0, 0.05) is 12.1 Å². The van der Waals surface area contributed by atoms with Gasteiger partial charge in [0.2, 0.25) is 0 Å². The molecule has 0 saturated carbocycles. The van der Waals surface area contributed by atoms with Crippen molar-refractivity contribution in [3.8, 4) is 5.75 Å². The fraction of sp³-hybridized carbons (Fsp3) is 0.462. The Bertz CT molecular complexity index is 375. The van der Waals surface area contributed by atoms with Crippen LogP contribution in [0.4, 0.5) is 0 Å². The van der Waals surface area contributed by atoms with Crippen molar-refractivity contribution < 1.29 is 9.94 Å². The summed E-state index contributed by atoms with van der Waals surface area (Å²) in [7, 11) is 4.00. The Labute approximate surface area is 103 Å². The van der Waals surface area contributed by atoms with Crippen LogP contribution in [0.5, 0.6) is 5.75 Å². The number of nitrogens with zero attached hydrogens (tertiary/aromatic N) is 2. The van der Waals surface area contributed by atoms with Crippen LogP contribution in [0, 0.1) is 0 Å². The quantitative estimate of drug-likeness (QED) is 0.468. The van der Waals surface area contributed by atoms with Gasteiger partial charge in [-0.25, -0.2) is 0 Å². The summed E-state index contributed by atoms with van der Waals surface area (Å²) in [5.41, 5.74) is 1.50. The van der Waals surface area contributed by atoms with Crippen molar-refractivity contribution in [3.05, 3.63) is 29.8 Å². The van der Waals surface area contributed by atoms with Crippen LogP contribution in [0.1, 0.15) is 18.9 Å². The molecule has 0 radical (unpaired) electrons. The van der Waals surface area contributed by atoms with E-state index in [4.69, 9.17) is 9.94 Å². The third-order valence-electron chi connectivity index (χ3n) is 2.45.